The summed E-state index contributed by atoms with van der Waals surface area (Å²) >= 11 is 0. The van der Waals surface area contributed by atoms with Crippen LogP contribution in [0.25, 0.3) is 0 Å². The number of urea groups is 1. The number of likely N-dealkylation sites (tertiary alicyclic amines) is 1. The third-order valence-corrected chi connectivity index (χ3v) is 5.14. The quantitative estimate of drug-likeness (QED) is 0.874. The van der Waals surface area contributed by atoms with Crippen molar-refractivity contribution in [1.29, 1.82) is 0 Å². The maximum absolute atomic E-state index is 11.2. The van der Waals surface area contributed by atoms with E-state index in [1.54, 1.807) is 4.90 Å². The lowest BCUT2D eigenvalue weighted by atomic mass is 10.0. The van der Waals surface area contributed by atoms with Gasteiger partial charge in [-0.15, -0.1) is 0 Å². The molecule has 25 heavy (non-hydrogen) atoms. The van der Waals surface area contributed by atoms with E-state index in [1.165, 1.54) is 11.3 Å². The minimum absolute atomic E-state index is 0.253. The second-order valence-electron chi connectivity index (χ2n) is 7.27. The van der Waals surface area contributed by atoms with E-state index in [-0.39, 0.29) is 18.2 Å². The Balaban J connectivity index is 1.59. The molecule has 2 heterocycles. The van der Waals surface area contributed by atoms with Gasteiger partial charge in [-0.3, -0.25) is 0 Å². The van der Waals surface area contributed by atoms with Crippen LogP contribution in [0.5, 0.6) is 0 Å². The lowest BCUT2D eigenvalue weighted by Gasteiger charge is -2.38. The highest BCUT2D eigenvalue weighted by atomic mass is 16.5. The van der Waals surface area contributed by atoms with Crippen molar-refractivity contribution in [3.05, 3.63) is 29.8 Å². The number of piperidine rings is 1. The number of hydrogen-bond donors (Lipinski definition) is 2. The number of nitrogens with two attached hydrogens (primary N) is 1. The largest absolute Gasteiger partial charge is 0.372 e. The van der Waals surface area contributed by atoms with Gasteiger partial charge < -0.3 is 25.6 Å². The first-order valence-electron chi connectivity index (χ1n) is 9.29. The van der Waals surface area contributed by atoms with Crippen LogP contribution in [-0.4, -0.2) is 55.4 Å². The molecule has 2 saturated heterocycles. The van der Waals surface area contributed by atoms with Gasteiger partial charge in [0.2, 0.25) is 0 Å². The highest BCUT2D eigenvalue weighted by Crippen LogP contribution is 2.25. The minimum atomic E-state index is -0.306. The molecule has 0 bridgehead atoms. The molecule has 6 heteroatoms. The molecule has 6 nitrogen and oxygen atoms in total. The van der Waals surface area contributed by atoms with Crippen LogP contribution in [0.1, 0.15) is 32.3 Å². The molecule has 2 atom stereocenters. The van der Waals surface area contributed by atoms with Gasteiger partial charge in [-0.1, -0.05) is 18.2 Å². The summed E-state index contributed by atoms with van der Waals surface area (Å²) in [5.74, 6) is 0. The SMILES string of the molecule is C[C@@H]1CN(c2ccccc2CNC2CCN(C(N)=O)CC2)C[C@H](C)O1. The summed E-state index contributed by atoms with van der Waals surface area (Å²) in [6.07, 6.45) is 2.42. The summed E-state index contributed by atoms with van der Waals surface area (Å²) in [4.78, 5) is 15.4. The average molecular weight is 346 g/mol. The fraction of sp³-hybridized carbons (Fsp3) is 0.632. The number of morpholine rings is 1. The molecule has 0 unspecified atom stereocenters. The lowest BCUT2D eigenvalue weighted by molar-refractivity contribution is -0.00527. The van der Waals surface area contributed by atoms with Crippen LogP contribution >= 0.6 is 0 Å². The Hall–Kier alpha value is -1.79. The maximum Gasteiger partial charge on any atom is 0.314 e. The fourth-order valence-corrected chi connectivity index (χ4v) is 3.90. The number of rotatable bonds is 4. The summed E-state index contributed by atoms with van der Waals surface area (Å²) in [5.41, 5.74) is 7.97. The van der Waals surface area contributed by atoms with Crippen molar-refractivity contribution < 1.29 is 9.53 Å². The standard InChI is InChI=1S/C19H30N4O2/c1-14-12-23(13-15(2)25-14)18-6-4-3-5-16(18)11-21-17-7-9-22(10-8-17)19(20)24/h3-6,14-15,17,21H,7-13H2,1-2H3,(H2,20,24)/t14-,15+. The van der Waals surface area contributed by atoms with Crippen LogP contribution < -0.4 is 16.0 Å². The normalized spacial score (nSPS) is 25.2. The summed E-state index contributed by atoms with van der Waals surface area (Å²) in [6, 6.07) is 8.74. The summed E-state index contributed by atoms with van der Waals surface area (Å²) in [6.45, 7) is 8.46. The summed E-state index contributed by atoms with van der Waals surface area (Å²) < 4.78 is 5.86. The predicted molar refractivity (Wildman–Crippen MR) is 99.7 cm³/mol. The summed E-state index contributed by atoms with van der Waals surface area (Å²) in [7, 11) is 0. The van der Waals surface area contributed by atoms with Gasteiger partial charge in [-0.25, -0.2) is 4.79 Å². The maximum atomic E-state index is 11.2. The first-order chi connectivity index (χ1) is 12.0. The van der Waals surface area contributed by atoms with Crippen molar-refractivity contribution in [2.75, 3.05) is 31.1 Å². The Labute approximate surface area is 150 Å². The number of carbonyl (C=O) groups is 1. The molecule has 0 aliphatic carbocycles. The first kappa shape index (κ1) is 18.0. The first-order valence-corrected chi connectivity index (χ1v) is 9.29. The van der Waals surface area contributed by atoms with Gasteiger partial charge >= 0.3 is 6.03 Å². The van der Waals surface area contributed by atoms with Crippen LogP contribution in [0, 0.1) is 0 Å². The molecule has 2 amide bonds. The van der Waals surface area contributed by atoms with E-state index in [4.69, 9.17) is 10.5 Å². The molecule has 138 valence electrons. The van der Waals surface area contributed by atoms with Crippen LogP contribution in [0.15, 0.2) is 24.3 Å². The Bertz CT molecular complexity index is 577. The minimum Gasteiger partial charge on any atom is -0.372 e. The second-order valence-corrected chi connectivity index (χ2v) is 7.27. The van der Waals surface area contributed by atoms with E-state index in [0.29, 0.717) is 6.04 Å². The van der Waals surface area contributed by atoms with Crippen molar-refractivity contribution in [3.63, 3.8) is 0 Å². The molecule has 3 rings (SSSR count). The Morgan fingerprint density at radius 1 is 1.20 bits per heavy atom. The van der Waals surface area contributed by atoms with Crippen LogP contribution in [-0.2, 0) is 11.3 Å². The zero-order valence-electron chi connectivity index (χ0n) is 15.3. The molecule has 0 aromatic heterocycles. The Morgan fingerprint density at radius 2 is 1.84 bits per heavy atom. The third kappa shape index (κ3) is 4.64. The molecule has 0 spiro atoms. The van der Waals surface area contributed by atoms with Crippen LogP contribution in [0.4, 0.5) is 10.5 Å². The molecule has 2 fully saturated rings. The Morgan fingerprint density at radius 3 is 2.48 bits per heavy atom. The van der Waals surface area contributed by atoms with Gasteiger partial charge in [0.25, 0.3) is 0 Å². The number of primary amides is 1. The topological polar surface area (TPSA) is 70.8 Å². The molecule has 1 aromatic carbocycles. The number of benzene rings is 1. The van der Waals surface area contributed by atoms with Gasteiger partial charge in [-0.2, -0.15) is 0 Å². The number of nitrogens with zero attached hydrogens (tertiary/aromatic N) is 2. The molecule has 2 aliphatic rings. The molecule has 1 aromatic rings. The summed E-state index contributed by atoms with van der Waals surface area (Å²) in [5, 5.41) is 3.66. The van der Waals surface area contributed by atoms with E-state index in [9.17, 15) is 4.79 Å². The number of carbonyl (C=O) groups excluding carboxylic acids is 1. The highest BCUT2D eigenvalue weighted by Gasteiger charge is 2.24. The van der Waals surface area contributed by atoms with Gasteiger partial charge in [0.1, 0.15) is 0 Å². The molecule has 2 aliphatic heterocycles. The van der Waals surface area contributed by atoms with Gasteiger partial charge in [0.15, 0.2) is 0 Å². The number of hydrogen-bond acceptors (Lipinski definition) is 4. The van der Waals surface area contributed by atoms with Crippen molar-refractivity contribution >= 4 is 11.7 Å². The van der Waals surface area contributed by atoms with Gasteiger partial charge in [0.05, 0.1) is 12.2 Å². The van der Waals surface area contributed by atoms with E-state index in [2.05, 4.69) is 48.3 Å². The van der Waals surface area contributed by atoms with E-state index < -0.39 is 0 Å². The second kappa shape index (κ2) is 8.06. The number of amides is 2. The van der Waals surface area contributed by atoms with Gasteiger partial charge in [-0.05, 0) is 38.3 Å². The van der Waals surface area contributed by atoms with E-state index in [0.717, 1.165) is 45.6 Å². The van der Waals surface area contributed by atoms with E-state index in [1.807, 2.05) is 0 Å². The highest BCUT2D eigenvalue weighted by molar-refractivity contribution is 5.72. The van der Waals surface area contributed by atoms with Crippen LogP contribution in [0.2, 0.25) is 0 Å². The third-order valence-electron chi connectivity index (χ3n) is 5.14. The average Bonchev–Trinajstić information content (AvgIpc) is 2.59. The molecule has 0 saturated carbocycles. The number of para-hydroxylation sites is 1. The fourth-order valence-electron chi connectivity index (χ4n) is 3.90. The predicted octanol–water partition coefficient (Wildman–Crippen LogP) is 1.93. The number of anilines is 1. The van der Waals surface area contributed by atoms with Crippen molar-refractivity contribution in [2.45, 2.75) is 51.5 Å². The molecule has 0 radical (unpaired) electrons. The van der Waals surface area contributed by atoms with Crippen LogP contribution in [0.3, 0.4) is 0 Å². The zero-order valence-corrected chi connectivity index (χ0v) is 15.3. The molecular weight excluding hydrogens is 316 g/mol. The van der Waals surface area contributed by atoms with Crippen molar-refractivity contribution in [3.8, 4) is 0 Å². The Kier molecular flexibility index (Phi) is 5.81. The smallest absolute Gasteiger partial charge is 0.314 e. The lowest BCUT2D eigenvalue weighted by Crippen LogP contribution is -2.47. The van der Waals surface area contributed by atoms with Crippen molar-refractivity contribution in [2.24, 2.45) is 5.73 Å². The molecule has 3 N–H and O–H groups in total. The van der Waals surface area contributed by atoms with Gasteiger partial charge in [0, 0.05) is 44.5 Å². The number of ether oxygens (including phenoxy) is 1. The monoisotopic (exact) mass is 346 g/mol. The molecular formula is C19H30N4O2. The van der Waals surface area contributed by atoms with E-state index >= 15 is 0 Å². The van der Waals surface area contributed by atoms with Crippen molar-refractivity contribution in [1.82, 2.24) is 10.2 Å². The zero-order chi connectivity index (χ0) is 17.8. The number of nitrogens with one attached hydrogen (secondary N) is 1.